The number of anilines is 1. The minimum Gasteiger partial charge on any atom is -0.464 e. The number of nitrogen functional groups attached to an aromatic ring is 1. The average molecular weight is 326 g/mol. The van der Waals surface area contributed by atoms with Crippen molar-refractivity contribution >= 4 is 17.6 Å². The van der Waals surface area contributed by atoms with Gasteiger partial charge >= 0.3 is 5.97 Å². The van der Waals surface area contributed by atoms with Gasteiger partial charge in [-0.2, -0.15) is 5.26 Å². The second-order valence-electron chi connectivity index (χ2n) is 5.30. The summed E-state index contributed by atoms with van der Waals surface area (Å²) in [7, 11) is 1.25. The number of aromatic nitrogens is 1. The average Bonchev–Trinajstić information content (AvgIpc) is 2.90. The molecule has 0 radical (unpaired) electrons. The molecule has 1 heterocycles. The lowest BCUT2D eigenvalue weighted by Crippen LogP contribution is -2.23. The van der Waals surface area contributed by atoms with Crippen LogP contribution in [0.4, 0.5) is 5.69 Å². The van der Waals surface area contributed by atoms with Crippen LogP contribution in [0, 0.1) is 11.3 Å². The summed E-state index contributed by atoms with van der Waals surface area (Å²) in [5, 5.41) is 12.0. The third kappa shape index (κ3) is 3.22. The van der Waals surface area contributed by atoms with Crippen LogP contribution in [0.3, 0.4) is 0 Å². The molecule has 124 valence electrons. The fourth-order valence-corrected chi connectivity index (χ4v) is 2.45. The lowest BCUT2D eigenvalue weighted by molar-refractivity contribution is -0.119. The maximum atomic E-state index is 12.0. The molecule has 0 fully saturated rings. The number of ether oxygens (including phenoxy) is 1. The summed E-state index contributed by atoms with van der Waals surface area (Å²) < 4.78 is 6.28. The largest absolute Gasteiger partial charge is 0.464 e. The normalized spacial score (nSPS) is 11.4. The van der Waals surface area contributed by atoms with E-state index in [4.69, 9.17) is 15.7 Å². The van der Waals surface area contributed by atoms with Gasteiger partial charge in [-0.15, -0.1) is 0 Å². The van der Waals surface area contributed by atoms with Crippen LogP contribution >= 0.6 is 0 Å². The first-order valence-corrected chi connectivity index (χ1v) is 7.25. The van der Waals surface area contributed by atoms with Gasteiger partial charge < -0.3 is 20.4 Å². The van der Waals surface area contributed by atoms with Crippen LogP contribution in [0.15, 0.2) is 30.5 Å². The Morgan fingerprint density at radius 2 is 2.12 bits per heavy atom. The Morgan fingerprint density at radius 3 is 2.71 bits per heavy atom. The highest BCUT2D eigenvalue weighted by Gasteiger charge is 2.22. The number of benzene rings is 1. The van der Waals surface area contributed by atoms with Crippen LogP contribution in [0.2, 0.25) is 0 Å². The number of nitriles is 1. The predicted molar refractivity (Wildman–Crippen MR) is 88.5 cm³/mol. The van der Waals surface area contributed by atoms with Gasteiger partial charge in [-0.25, -0.2) is 4.79 Å². The maximum absolute atomic E-state index is 12.0. The highest BCUT2D eigenvalue weighted by molar-refractivity contribution is 5.95. The molecule has 0 aliphatic heterocycles. The quantitative estimate of drug-likeness (QED) is 0.834. The molecular weight excluding hydrogens is 308 g/mol. The Balaban J connectivity index is 2.55. The van der Waals surface area contributed by atoms with Crippen molar-refractivity contribution in [1.29, 1.82) is 5.26 Å². The first-order valence-electron chi connectivity index (χ1n) is 7.25. The van der Waals surface area contributed by atoms with Crippen LogP contribution in [-0.2, 0) is 9.53 Å². The maximum Gasteiger partial charge on any atom is 0.357 e. The van der Waals surface area contributed by atoms with Crippen LogP contribution < -0.4 is 11.1 Å². The van der Waals surface area contributed by atoms with Gasteiger partial charge in [0.1, 0.15) is 6.07 Å². The third-order valence-electron chi connectivity index (χ3n) is 3.61. The van der Waals surface area contributed by atoms with E-state index in [0.717, 1.165) is 5.56 Å². The van der Waals surface area contributed by atoms with Crippen molar-refractivity contribution in [3.63, 3.8) is 0 Å². The number of esters is 1. The Kier molecular flexibility index (Phi) is 4.90. The fourth-order valence-electron chi connectivity index (χ4n) is 2.45. The van der Waals surface area contributed by atoms with Crippen molar-refractivity contribution in [3.8, 4) is 11.8 Å². The molecule has 1 aromatic heterocycles. The Labute approximate surface area is 139 Å². The standard InChI is InChI=1S/C17H18N4O3/c1-10(20-11(2)22)12-5-4-6-14(7-12)21-9-13(8-18)15(19)16(21)17(23)24-3/h4-7,9-10H,19H2,1-3H3,(H,20,22). The molecule has 3 N–H and O–H groups in total. The van der Waals surface area contributed by atoms with Crippen molar-refractivity contribution < 1.29 is 14.3 Å². The van der Waals surface area contributed by atoms with E-state index in [1.165, 1.54) is 24.8 Å². The van der Waals surface area contributed by atoms with E-state index >= 15 is 0 Å². The van der Waals surface area contributed by atoms with Crippen molar-refractivity contribution in [2.45, 2.75) is 19.9 Å². The molecule has 1 atom stereocenters. The smallest absolute Gasteiger partial charge is 0.357 e. The molecule has 2 rings (SSSR count). The van der Waals surface area contributed by atoms with E-state index in [-0.39, 0.29) is 28.9 Å². The molecule has 0 saturated carbocycles. The number of nitrogens with zero attached hydrogens (tertiary/aromatic N) is 2. The van der Waals surface area contributed by atoms with Gasteiger partial charge in [0, 0.05) is 18.8 Å². The summed E-state index contributed by atoms with van der Waals surface area (Å²) in [5.41, 5.74) is 7.74. The fraction of sp³-hybridized carbons (Fsp3) is 0.235. The van der Waals surface area contributed by atoms with Crippen molar-refractivity contribution in [2.75, 3.05) is 12.8 Å². The van der Waals surface area contributed by atoms with E-state index in [2.05, 4.69) is 5.32 Å². The van der Waals surface area contributed by atoms with Crippen molar-refractivity contribution in [2.24, 2.45) is 0 Å². The summed E-state index contributed by atoms with van der Waals surface area (Å²) in [6.45, 7) is 3.30. The second kappa shape index (κ2) is 6.87. The van der Waals surface area contributed by atoms with E-state index in [1.807, 2.05) is 25.1 Å². The van der Waals surface area contributed by atoms with E-state index in [9.17, 15) is 9.59 Å². The number of nitrogens with one attached hydrogen (secondary N) is 1. The Bertz CT molecular complexity index is 833. The van der Waals surface area contributed by atoms with Gasteiger partial charge in [-0.1, -0.05) is 12.1 Å². The zero-order chi connectivity index (χ0) is 17.9. The summed E-state index contributed by atoms with van der Waals surface area (Å²) in [4.78, 5) is 23.3. The number of amides is 1. The molecule has 2 aromatic rings. The topological polar surface area (TPSA) is 110 Å². The summed E-state index contributed by atoms with van der Waals surface area (Å²) in [5.74, 6) is -0.769. The molecule has 0 saturated heterocycles. The SMILES string of the molecule is COC(=O)c1c(N)c(C#N)cn1-c1cccc(C(C)NC(C)=O)c1. The monoisotopic (exact) mass is 326 g/mol. The zero-order valence-corrected chi connectivity index (χ0v) is 13.7. The van der Waals surface area contributed by atoms with Gasteiger partial charge in [0.2, 0.25) is 5.91 Å². The van der Waals surface area contributed by atoms with E-state index in [0.29, 0.717) is 5.69 Å². The van der Waals surface area contributed by atoms with Crippen LogP contribution in [-0.4, -0.2) is 23.6 Å². The molecule has 1 amide bonds. The predicted octanol–water partition coefficient (Wildman–Crippen LogP) is 1.91. The van der Waals surface area contributed by atoms with Gasteiger partial charge in [0.25, 0.3) is 0 Å². The van der Waals surface area contributed by atoms with Gasteiger partial charge in [0.05, 0.1) is 24.4 Å². The van der Waals surface area contributed by atoms with Gasteiger partial charge in [0.15, 0.2) is 5.69 Å². The van der Waals surface area contributed by atoms with Crippen molar-refractivity contribution in [1.82, 2.24) is 9.88 Å². The van der Waals surface area contributed by atoms with Gasteiger partial charge in [-0.3, -0.25) is 4.79 Å². The van der Waals surface area contributed by atoms with Crippen LogP contribution in [0.5, 0.6) is 0 Å². The Hall–Kier alpha value is -3.27. The van der Waals surface area contributed by atoms with Crippen LogP contribution in [0.1, 0.15) is 41.5 Å². The molecule has 7 nitrogen and oxygen atoms in total. The number of carbonyl (C=O) groups is 2. The van der Waals surface area contributed by atoms with Crippen LogP contribution in [0.25, 0.3) is 5.69 Å². The molecule has 0 spiro atoms. The molecule has 0 aliphatic rings. The lowest BCUT2D eigenvalue weighted by atomic mass is 10.1. The van der Waals surface area contributed by atoms with Crippen molar-refractivity contribution in [3.05, 3.63) is 47.3 Å². The highest BCUT2D eigenvalue weighted by Crippen LogP contribution is 2.26. The zero-order valence-electron chi connectivity index (χ0n) is 13.7. The lowest BCUT2D eigenvalue weighted by Gasteiger charge is -2.15. The Morgan fingerprint density at radius 1 is 1.42 bits per heavy atom. The number of hydrogen-bond donors (Lipinski definition) is 2. The van der Waals surface area contributed by atoms with E-state index < -0.39 is 5.97 Å². The molecule has 0 aliphatic carbocycles. The number of nitrogens with two attached hydrogens (primary N) is 1. The van der Waals surface area contributed by atoms with E-state index in [1.54, 1.807) is 12.1 Å². The first-order chi connectivity index (χ1) is 11.4. The summed E-state index contributed by atoms with van der Waals surface area (Å²) >= 11 is 0. The molecular formula is C17H18N4O3. The number of rotatable bonds is 4. The highest BCUT2D eigenvalue weighted by atomic mass is 16.5. The minimum absolute atomic E-state index is 0.0738. The molecule has 24 heavy (non-hydrogen) atoms. The first kappa shape index (κ1) is 17.1. The number of hydrogen-bond acceptors (Lipinski definition) is 5. The van der Waals surface area contributed by atoms with Gasteiger partial charge in [-0.05, 0) is 24.6 Å². The third-order valence-corrected chi connectivity index (χ3v) is 3.61. The molecule has 7 heteroatoms. The summed E-state index contributed by atoms with van der Waals surface area (Å²) in [6, 6.07) is 9.00. The molecule has 1 aromatic carbocycles. The molecule has 0 bridgehead atoms. The second-order valence-corrected chi connectivity index (χ2v) is 5.30. The minimum atomic E-state index is -0.630. The summed E-state index contributed by atoms with van der Waals surface area (Å²) in [6.07, 6.45) is 1.49. The number of methoxy groups -OCH3 is 1. The number of carbonyl (C=O) groups excluding carboxylic acids is 2. The molecule has 1 unspecified atom stereocenters.